The number of benzene rings is 1. The summed E-state index contributed by atoms with van der Waals surface area (Å²) in [5.41, 5.74) is 0.234. The third-order valence-corrected chi connectivity index (χ3v) is 2.41. The molecule has 1 rings (SSSR count). The highest BCUT2D eigenvalue weighted by molar-refractivity contribution is 6.43. The summed E-state index contributed by atoms with van der Waals surface area (Å²) < 4.78 is 28.1. The highest BCUT2D eigenvalue weighted by atomic mass is 35.5. The molecular formula is C9H6Cl2F2O3. The van der Waals surface area contributed by atoms with Crippen LogP contribution in [0.4, 0.5) is 8.78 Å². The molecule has 0 fully saturated rings. The van der Waals surface area contributed by atoms with Gasteiger partial charge in [0.15, 0.2) is 0 Å². The van der Waals surface area contributed by atoms with Crippen LogP contribution in [0.3, 0.4) is 0 Å². The van der Waals surface area contributed by atoms with Gasteiger partial charge in [0.2, 0.25) is 0 Å². The first-order chi connectivity index (χ1) is 7.40. The molecule has 0 unspecified atom stereocenters. The Morgan fingerprint density at radius 1 is 1.44 bits per heavy atom. The second-order valence-corrected chi connectivity index (χ2v) is 3.62. The number of ether oxygens (including phenoxy) is 1. The standard InChI is InChI=1S/C9H6Cl2F2O3/c10-5-1-4(3-7(14)15)2-6(8(5)11)16-9(12)13/h1-2,9H,3H2,(H,14,15). The van der Waals surface area contributed by atoms with Crippen LogP contribution in [0.2, 0.25) is 10.0 Å². The fourth-order valence-corrected chi connectivity index (χ4v) is 1.46. The number of carboxylic acid groups (broad SMARTS) is 1. The minimum Gasteiger partial charge on any atom is -0.481 e. The van der Waals surface area contributed by atoms with E-state index in [1.807, 2.05) is 0 Å². The van der Waals surface area contributed by atoms with Crippen molar-refractivity contribution in [3.05, 3.63) is 27.7 Å². The maximum Gasteiger partial charge on any atom is 0.387 e. The molecule has 0 aromatic heterocycles. The third kappa shape index (κ3) is 3.50. The number of alkyl halides is 2. The van der Waals surface area contributed by atoms with E-state index >= 15 is 0 Å². The van der Waals surface area contributed by atoms with Crippen LogP contribution >= 0.6 is 23.2 Å². The van der Waals surface area contributed by atoms with Gasteiger partial charge in [-0.2, -0.15) is 8.78 Å². The zero-order valence-electron chi connectivity index (χ0n) is 7.71. The topological polar surface area (TPSA) is 46.5 Å². The lowest BCUT2D eigenvalue weighted by Crippen LogP contribution is -2.05. The van der Waals surface area contributed by atoms with Crippen LogP contribution in [0.15, 0.2) is 12.1 Å². The van der Waals surface area contributed by atoms with Crippen molar-refractivity contribution in [2.45, 2.75) is 13.0 Å². The molecule has 0 amide bonds. The third-order valence-electron chi connectivity index (χ3n) is 1.63. The normalized spacial score (nSPS) is 10.6. The average molecular weight is 271 g/mol. The van der Waals surface area contributed by atoms with E-state index in [2.05, 4.69) is 4.74 Å². The van der Waals surface area contributed by atoms with Crippen LogP contribution in [0, 0.1) is 0 Å². The monoisotopic (exact) mass is 270 g/mol. The number of rotatable bonds is 4. The van der Waals surface area contributed by atoms with Crippen LogP contribution in [0.25, 0.3) is 0 Å². The molecule has 0 bridgehead atoms. The Morgan fingerprint density at radius 3 is 2.56 bits per heavy atom. The Labute approximate surface area is 99.5 Å². The first kappa shape index (κ1) is 13.0. The Balaban J connectivity index is 3.06. The zero-order valence-corrected chi connectivity index (χ0v) is 9.23. The molecule has 0 aliphatic rings. The highest BCUT2D eigenvalue weighted by Crippen LogP contribution is 2.34. The Kier molecular flexibility index (Phi) is 4.32. The van der Waals surface area contributed by atoms with Gasteiger partial charge < -0.3 is 9.84 Å². The van der Waals surface area contributed by atoms with Crippen molar-refractivity contribution in [2.24, 2.45) is 0 Å². The fourth-order valence-electron chi connectivity index (χ4n) is 1.08. The van der Waals surface area contributed by atoms with Crippen LogP contribution < -0.4 is 4.74 Å². The van der Waals surface area contributed by atoms with Crippen molar-refractivity contribution in [1.82, 2.24) is 0 Å². The summed E-state index contributed by atoms with van der Waals surface area (Å²) in [5.74, 6) is -1.44. The number of hydrogen-bond donors (Lipinski definition) is 1. The van der Waals surface area contributed by atoms with Gasteiger partial charge >= 0.3 is 12.6 Å². The van der Waals surface area contributed by atoms with E-state index in [4.69, 9.17) is 28.3 Å². The van der Waals surface area contributed by atoms with E-state index in [-0.39, 0.29) is 27.8 Å². The fraction of sp³-hybridized carbons (Fsp3) is 0.222. The summed E-state index contributed by atoms with van der Waals surface area (Å²) in [6, 6.07) is 2.41. The molecule has 16 heavy (non-hydrogen) atoms. The minimum absolute atomic E-state index is 0.0314. The molecule has 0 spiro atoms. The highest BCUT2D eigenvalue weighted by Gasteiger charge is 2.14. The van der Waals surface area contributed by atoms with Crippen LogP contribution in [-0.2, 0) is 11.2 Å². The summed E-state index contributed by atoms with van der Waals surface area (Å²) in [5, 5.41) is 8.33. The van der Waals surface area contributed by atoms with Gasteiger partial charge in [0, 0.05) is 0 Å². The molecule has 1 N–H and O–H groups in total. The summed E-state index contributed by atoms with van der Waals surface area (Å²) in [6.07, 6.45) is -0.351. The van der Waals surface area contributed by atoms with Gasteiger partial charge in [-0.25, -0.2) is 0 Å². The molecule has 0 aliphatic carbocycles. The van der Waals surface area contributed by atoms with Crippen LogP contribution in [-0.4, -0.2) is 17.7 Å². The molecular weight excluding hydrogens is 265 g/mol. The van der Waals surface area contributed by atoms with Crippen molar-refractivity contribution in [2.75, 3.05) is 0 Å². The summed E-state index contributed by atoms with van der Waals surface area (Å²) in [7, 11) is 0. The number of hydrogen-bond acceptors (Lipinski definition) is 2. The van der Waals surface area contributed by atoms with Crippen molar-refractivity contribution < 1.29 is 23.4 Å². The maximum absolute atomic E-state index is 12.0. The molecule has 1 aromatic rings. The molecule has 0 radical (unpaired) electrons. The van der Waals surface area contributed by atoms with Gasteiger partial charge in [-0.05, 0) is 17.7 Å². The smallest absolute Gasteiger partial charge is 0.387 e. The lowest BCUT2D eigenvalue weighted by Gasteiger charge is -2.09. The summed E-state index contributed by atoms with van der Waals surface area (Å²) in [6.45, 7) is -3.05. The maximum atomic E-state index is 12.0. The lowest BCUT2D eigenvalue weighted by molar-refractivity contribution is -0.136. The predicted octanol–water partition coefficient (Wildman–Crippen LogP) is 3.22. The molecule has 0 atom stereocenters. The Hall–Kier alpha value is -1.07. The largest absolute Gasteiger partial charge is 0.481 e. The Morgan fingerprint density at radius 2 is 2.06 bits per heavy atom. The van der Waals surface area contributed by atoms with Gasteiger partial charge in [-0.1, -0.05) is 23.2 Å². The molecule has 1 aromatic carbocycles. The molecule has 3 nitrogen and oxygen atoms in total. The quantitative estimate of drug-likeness (QED) is 0.914. The number of aliphatic carboxylic acids is 1. The Bertz CT molecular complexity index is 410. The van der Waals surface area contributed by atoms with Gasteiger partial charge in [0.1, 0.15) is 10.8 Å². The summed E-state index contributed by atoms with van der Waals surface area (Å²) in [4.78, 5) is 10.4. The lowest BCUT2D eigenvalue weighted by atomic mass is 10.1. The van der Waals surface area contributed by atoms with Gasteiger partial charge in [-0.15, -0.1) is 0 Å². The first-order valence-electron chi connectivity index (χ1n) is 4.04. The van der Waals surface area contributed by atoms with E-state index in [1.165, 1.54) is 6.07 Å². The molecule has 88 valence electrons. The number of carboxylic acids is 1. The van der Waals surface area contributed by atoms with Crippen molar-refractivity contribution in [1.29, 1.82) is 0 Å². The van der Waals surface area contributed by atoms with E-state index in [9.17, 15) is 13.6 Å². The number of carbonyl (C=O) groups is 1. The van der Waals surface area contributed by atoms with Gasteiger partial charge in [0.25, 0.3) is 0 Å². The molecule has 0 heterocycles. The van der Waals surface area contributed by atoms with Crippen LogP contribution in [0.5, 0.6) is 5.75 Å². The van der Waals surface area contributed by atoms with E-state index in [1.54, 1.807) is 0 Å². The first-order valence-corrected chi connectivity index (χ1v) is 4.80. The average Bonchev–Trinajstić information content (AvgIpc) is 2.11. The predicted molar refractivity (Wildman–Crippen MR) is 54.4 cm³/mol. The number of halogens is 4. The second-order valence-electron chi connectivity index (χ2n) is 2.84. The van der Waals surface area contributed by atoms with Gasteiger partial charge in [-0.3, -0.25) is 4.79 Å². The minimum atomic E-state index is -3.05. The molecule has 0 aliphatic heterocycles. The molecule has 0 saturated heterocycles. The molecule has 0 saturated carbocycles. The van der Waals surface area contributed by atoms with E-state index < -0.39 is 12.6 Å². The van der Waals surface area contributed by atoms with Crippen molar-refractivity contribution in [3.8, 4) is 5.75 Å². The van der Waals surface area contributed by atoms with Crippen molar-refractivity contribution in [3.63, 3.8) is 0 Å². The molecule has 7 heteroatoms. The SMILES string of the molecule is O=C(O)Cc1cc(Cl)c(Cl)c(OC(F)F)c1. The van der Waals surface area contributed by atoms with Gasteiger partial charge in [0.05, 0.1) is 11.4 Å². The van der Waals surface area contributed by atoms with E-state index in [0.717, 1.165) is 6.07 Å². The zero-order chi connectivity index (χ0) is 12.3. The van der Waals surface area contributed by atoms with E-state index in [0.29, 0.717) is 0 Å². The van der Waals surface area contributed by atoms with Crippen molar-refractivity contribution >= 4 is 29.2 Å². The van der Waals surface area contributed by atoms with Crippen LogP contribution in [0.1, 0.15) is 5.56 Å². The second kappa shape index (κ2) is 5.32. The summed E-state index contributed by atoms with van der Waals surface area (Å²) >= 11 is 11.2.